The molecule has 4 nitrogen and oxygen atoms in total. The van der Waals surface area contributed by atoms with Crippen LogP contribution in [0.25, 0.3) is 21.8 Å². The largest absolute Gasteiger partial charge is 0.360 e. The van der Waals surface area contributed by atoms with Gasteiger partial charge in [0.15, 0.2) is 0 Å². The number of nitrogens with zero attached hydrogens (tertiary/aromatic N) is 3. The Morgan fingerprint density at radius 1 is 1.04 bits per heavy atom. The Hall–Kier alpha value is -3.41. The van der Waals surface area contributed by atoms with Crippen molar-refractivity contribution < 1.29 is 0 Å². The first-order valence-electron chi connectivity index (χ1n) is 7.61. The Bertz CT molecular complexity index is 988. The average Bonchev–Trinajstić information content (AvgIpc) is 3.05. The predicted molar refractivity (Wildman–Crippen MR) is 101 cm³/mol. The SMILES string of the molecule is Cc1sc(-c2cccc(NC=C(C#N)C#N)c2)nc1-c1ccccc1. The predicted octanol–water partition coefficient (Wildman–Crippen LogP) is 5.13. The van der Waals surface area contributed by atoms with Crippen molar-refractivity contribution in [2.45, 2.75) is 6.92 Å². The molecule has 2 aromatic carbocycles. The molecule has 120 valence electrons. The van der Waals surface area contributed by atoms with Gasteiger partial charge in [-0.3, -0.25) is 0 Å². The summed E-state index contributed by atoms with van der Waals surface area (Å²) in [4.78, 5) is 5.95. The zero-order valence-electron chi connectivity index (χ0n) is 13.5. The molecule has 0 fully saturated rings. The van der Waals surface area contributed by atoms with Crippen LogP contribution in [0.2, 0.25) is 0 Å². The molecule has 1 N–H and O–H groups in total. The second kappa shape index (κ2) is 7.44. The number of aryl methyl sites for hydroxylation is 1. The van der Waals surface area contributed by atoms with Gasteiger partial charge in [-0.25, -0.2) is 4.98 Å². The highest BCUT2D eigenvalue weighted by Crippen LogP contribution is 2.34. The van der Waals surface area contributed by atoms with Crippen molar-refractivity contribution in [2.24, 2.45) is 0 Å². The van der Waals surface area contributed by atoms with E-state index < -0.39 is 0 Å². The van der Waals surface area contributed by atoms with Crippen LogP contribution in [0.4, 0.5) is 5.69 Å². The van der Waals surface area contributed by atoms with E-state index in [2.05, 4.69) is 24.4 Å². The quantitative estimate of drug-likeness (QED) is 0.667. The Morgan fingerprint density at radius 3 is 2.48 bits per heavy atom. The minimum Gasteiger partial charge on any atom is -0.360 e. The maximum absolute atomic E-state index is 8.79. The van der Waals surface area contributed by atoms with Gasteiger partial charge in [-0.05, 0) is 19.1 Å². The molecule has 0 aliphatic rings. The minimum absolute atomic E-state index is 0.0295. The van der Waals surface area contributed by atoms with Gasteiger partial charge in [0.25, 0.3) is 0 Å². The Labute approximate surface area is 150 Å². The van der Waals surface area contributed by atoms with Gasteiger partial charge < -0.3 is 5.32 Å². The van der Waals surface area contributed by atoms with Crippen LogP contribution < -0.4 is 5.32 Å². The van der Waals surface area contributed by atoms with Crippen LogP contribution in [0.1, 0.15) is 4.88 Å². The number of nitrogens with one attached hydrogen (secondary N) is 1. The summed E-state index contributed by atoms with van der Waals surface area (Å²) in [6, 6.07) is 21.5. The number of benzene rings is 2. The number of rotatable bonds is 4. The van der Waals surface area contributed by atoms with Crippen molar-refractivity contribution in [1.29, 1.82) is 10.5 Å². The molecule has 0 amide bonds. The zero-order valence-corrected chi connectivity index (χ0v) is 14.3. The molecule has 1 aromatic heterocycles. The summed E-state index contributed by atoms with van der Waals surface area (Å²) in [5.41, 5.74) is 3.92. The molecule has 0 aliphatic carbocycles. The summed E-state index contributed by atoms with van der Waals surface area (Å²) in [5, 5.41) is 21.5. The maximum Gasteiger partial charge on any atom is 0.145 e. The first-order chi connectivity index (χ1) is 12.2. The number of hydrogen-bond acceptors (Lipinski definition) is 5. The molecule has 0 atom stereocenters. The lowest BCUT2D eigenvalue weighted by Gasteiger charge is -2.03. The number of thiazole rings is 1. The van der Waals surface area contributed by atoms with Crippen molar-refractivity contribution >= 4 is 17.0 Å². The molecule has 25 heavy (non-hydrogen) atoms. The van der Waals surface area contributed by atoms with Gasteiger partial charge in [0, 0.05) is 27.9 Å². The smallest absolute Gasteiger partial charge is 0.145 e. The van der Waals surface area contributed by atoms with Crippen molar-refractivity contribution in [3.05, 3.63) is 71.2 Å². The van der Waals surface area contributed by atoms with E-state index in [1.165, 1.54) is 6.20 Å². The lowest BCUT2D eigenvalue weighted by molar-refractivity contribution is 1.37. The Balaban J connectivity index is 1.91. The third-order valence-corrected chi connectivity index (χ3v) is 4.60. The van der Waals surface area contributed by atoms with E-state index in [4.69, 9.17) is 15.5 Å². The summed E-state index contributed by atoms with van der Waals surface area (Å²) in [5.74, 6) is 0. The van der Waals surface area contributed by atoms with Crippen LogP contribution in [0.15, 0.2) is 66.4 Å². The fourth-order valence-electron chi connectivity index (χ4n) is 2.37. The van der Waals surface area contributed by atoms with Crippen molar-refractivity contribution in [3.8, 4) is 34.0 Å². The Morgan fingerprint density at radius 2 is 1.76 bits per heavy atom. The highest BCUT2D eigenvalue weighted by atomic mass is 32.1. The summed E-state index contributed by atoms with van der Waals surface area (Å²) >= 11 is 1.65. The van der Waals surface area contributed by atoms with Gasteiger partial charge in [-0.15, -0.1) is 11.3 Å². The Kier molecular flexibility index (Phi) is 4.89. The van der Waals surface area contributed by atoms with Gasteiger partial charge in [-0.1, -0.05) is 42.5 Å². The zero-order chi connectivity index (χ0) is 17.6. The van der Waals surface area contributed by atoms with E-state index in [0.29, 0.717) is 0 Å². The molecule has 0 radical (unpaired) electrons. The molecule has 0 saturated carbocycles. The van der Waals surface area contributed by atoms with Crippen LogP contribution in [0.3, 0.4) is 0 Å². The normalized spacial score (nSPS) is 9.72. The molecular formula is C20H14N4S. The number of allylic oxidation sites excluding steroid dienone is 1. The van der Waals surface area contributed by atoms with E-state index in [1.54, 1.807) is 11.3 Å². The molecule has 0 bridgehead atoms. The average molecular weight is 342 g/mol. The molecule has 3 rings (SSSR count). The lowest BCUT2D eigenvalue weighted by Crippen LogP contribution is -1.90. The molecular weight excluding hydrogens is 328 g/mol. The number of aromatic nitrogens is 1. The first-order valence-corrected chi connectivity index (χ1v) is 8.43. The van der Waals surface area contributed by atoms with Crippen molar-refractivity contribution in [3.63, 3.8) is 0 Å². The number of nitriles is 2. The summed E-state index contributed by atoms with van der Waals surface area (Å²) in [6.07, 6.45) is 1.40. The third-order valence-electron chi connectivity index (χ3n) is 3.58. The second-order valence-corrected chi connectivity index (χ2v) is 6.50. The van der Waals surface area contributed by atoms with Crippen LogP contribution >= 0.6 is 11.3 Å². The van der Waals surface area contributed by atoms with E-state index in [0.717, 1.165) is 32.4 Å². The van der Waals surface area contributed by atoms with Gasteiger partial charge in [0.1, 0.15) is 22.7 Å². The molecule has 0 saturated heterocycles. The monoisotopic (exact) mass is 342 g/mol. The lowest BCUT2D eigenvalue weighted by atomic mass is 10.1. The van der Waals surface area contributed by atoms with E-state index in [-0.39, 0.29) is 5.57 Å². The number of hydrogen-bond donors (Lipinski definition) is 1. The molecule has 0 aliphatic heterocycles. The summed E-state index contributed by atoms with van der Waals surface area (Å²) < 4.78 is 0. The number of anilines is 1. The molecule has 5 heteroatoms. The van der Waals surface area contributed by atoms with Crippen LogP contribution in [-0.4, -0.2) is 4.98 Å². The van der Waals surface area contributed by atoms with Crippen molar-refractivity contribution in [2.75, 3.05) is 5.32 Å². The maximum atomic E-state index is 8.79. The molecule has 1 heterocycles. The summed E-state index contributed by atoms with van der Waals surface area (Å²) in [7, 11) is 0. The van der Waals surface area contributed by atoms with Crippen molar-refractivity contribution in [1.82, 2.24) is 4.98 Å². The molecule has 0 spiro atoms. The van der Waals surface area contributed by atoms with E-state index in [9.17, 15) is 0 Å². The fourth-order valence-corrected chi connectivity index (χ4v) is 3.30. The minimum atomic E-state index is 0.0295. The van der Waals surface area contributed by atoms with Gasteiger partial charge in [-0.2, -0.15) is 10.5 Å². The third kappa shape index (κ3) is 3.74. The van der Waals surface area contributed by atoms with Crippen LogP contribution in [-0.2, 0) is 0 Å². The van der Waals surface area contributed by atoms with Gasteiger partial charge in [0.2, 0.25) is 0 Å². The fraction of sp³-hybridized carbons (Fsp3) is 0.0500. The molecule has 0 unspecified atom stereocenters. The van der Waals surface area contributed by atoms with Gasteiger partial charge in [0.05, 0.1) is 5.69 Å². The van der Waals surface area contributed by atoms with E-state index in [1.807, 2.05) is 54.6 Å². The highest BCUT2D eigenvalue weighted by Gasteiger charge is 2.11. The second-order valence-electron chi connectivity index (χ2n) is 5.30. The standard InChI is InChI=1S/C20H14N4S/c1-14-19(16-6-3-2-4-7-16)24-20(25-14)17-8-5-9-18(10-17)23-13-15(11-21)12-22/h2-10,13,23H,1H3. The van der Waals surface area contributed by atoms with Crippen LogP contribution in [0, 0.1) is 29.6 Å². The topological polar surface area (TPSA) is 72.5 Å². The van der Waals surface area contributed by atoms with Crippen LogP contribution in [0.5, 0.6) is 0 Å². The van der Waals surface area contributed by atoms with Gasteiger partial charge >= 0.3 is 0 Å². The summed E-state index contributed by atoms with van der Waals surface area (Å²) in [6.45, 7) is 2.07. The molecule has 3 aromatic rings. The first kappa shape index (κ1) is 16.4. The van der Waals surface area contributed by atoms with E-state index >= 15 is 0 Å². The highest BCUT2D eigenvalue weighted by molar-refractivity contribution is 7.15.